The van der Waals surface area contributed by atoms with Crippen LogP contribution < -0.4 is 15.8 Å². The van der Waals surface area contributed by atoms with Gasteiger partial charge in [0, 0.05) is 26.2 Å². The van der Waals surface area contributed by atoms with Crippen molar-refractivity contribution in [2.24, 2.45) is 0 Å². The van der Waals surface area contributed by atoms with Crippen molar-refractivity contribution >= 4 is 17.3 Å². The van der Waals surface area contributed by atoms with Gasteiger partial charge in [0.1, 0.15) is 5.69 Å². The van der Waals surface area contributed by atoms with Crippen LogP contribution in [0, 0.1) is 0 Å². The van der Waals surface area contributed by atoms with Gasteiger partial charge in [-0.05, 0) is 0 Å². The van der Waals surface area contributed by atoms with E-state index in [1.165, 1.54) is 6.20 Å². The van der Waals surface area contributed by atoms with Crippen LogP contribution in [-0.2, 0) is 0 Å². The molecule has 1 saturated heterocycles. The van der Waals surface area contributed by atoms with Crippen LogP contribution in [0.2, 0.25) is 5.02 Å². The number of hydrogen-bond donors (Lipinski definition) is 2. The average Bonchev–Trinajstić information content (AvgIpc) is 2.19. The molecule has 0 aromatic carbocycles. The summed E-state index contributed by atoms with van der Waals surface area (Å²) in [5.74, 6) is 0. The first kappa shape index (κ1) is 9.48. The van der Waals surface area contributed by atoms with Crippen LogP contribution in [0.1, 0.15) is 0 Å². The smallest absolute Gasteiger partial charge is 0.289 e. The summed E-state index contributed by atoms with van der Waals surface area (Å²) >= 11 is 5.92. The molecule has 5 nitrogen and oxygen atoms in total. The number of hydrogen-bond acceptors (Lipinski definition) is 4. The molecule has 2 heterocycles. The zero-order chi connectivity index (χ0) is 9.97. The lowest BCUT2D eigenvalue weighted by molar-refractivity contribution is 0.587. The number of nitrogens with zero attached hydrogens (tertiary/aromatic N) is 2. The van der Waals surface area contributed by atoms with E-state index in [1.54, 1.807) is 0 Å². The second-order valence-electron chi connectivity index (χ2n) is 3.13. The minimum Gasteiger partial charge on any atom is -0.363 e. The summed E-state index contributed by atoms with van der Waals surface area (Å²) in [7, 11) is 0. The van der Waals surface area contributed by atoms with Crippen molar-refractivity contribution in [2.75, 3.05) is 31.1 Å². The summed E-state index contributed by atoms with van der Waals surface area (Å²) in [6, 6.07) is 0. The summed E-state index contributed by atoms with van der Waals surface area (Å²) in [4.78, 5) is 13.4. The molecule has 1 fully saturated rings. The summed E-state index contributed by atoms with van der Waals surface area (Å²) < 4.78 is 0. The standard InChI is InChI=1S/C8H11ClN4O/c9-6-5-11-12-8(14)7(6)13-3-1-10-2-4-13/h5,10H,1-4H2,(H,12,14). The molecule has 0 unspecified atom stereocenters. The van der Waals surface area contributed by atoms with Gasteiger partial charge in [0.15, 0.2) is 0 Å². The van der Waals surface area contributed by atoms with Crippen molar-refractivity contribution in [3.05, 3.63) is 21.6 Å². The Balaban J connectivity index is 2.34. The van der Waals surface area contributed by atoms with E-state index in [-0.39, 0.29) is 5.56 Å². The fraction of sp³-hybridized carbons (Fsp3) is 0.500. The third-order valence-corrected chi connectivity index (χ3v) is 2.50. The zero-order valence-electron chi connectivity index (χ0n) is 7.59. The van der Waals surface area contributed by atoms with E-state index >= 15 is 0 Å². The molecule has 0 aliphatic carbocycles. The number of nitrogens with one attached hydrogen (secondary N) is 2. The van der Waals surface area contributed by atoms with Crippen LogP contribution in [0.4, 0.5) is 5.69 Å². The summed E-state index contributed by atoms with van der Waals surface area (Å²) in [5, 5.41) is 9.64. The number of aromatic nitrogens is 2. The lowest BCUT2D eigenvalue weighted by atomic mass is 10.3. The minimum atomic E-state index is -0.223. The monoisotopic (exact) mass is 214 g/mol. The van der Waals surface area contributed by atoms with Gasteiger partial charge in [0.25, 0.3) is 5.56 Å². The van der Waals surface area contributed by atoms with Crippen molar-refractivity contribution < 1.29 is 0 Å². The first-order valence-electron chi connectivity index (χ1n) is 4.48. The highest BCUT2D eigenvalue weighted by Crippen LogP contribution is 2.19. The van der Waals surface area contributed by atoms with Crippen molar-refractivity contribution in [1.29, 1.82) is 0 Å². The number of aromatic amines is 1. The van der Waals surface area contributed by atoms with Crippen LogP contribution in [0.15, 0.2) is 11.0 Å². The second kappa shape index (κ2) is 3.98. The average molecular weight is 215 g/mol. The Morgan fingerprint density at radius 1 is 1.43 bits per heavy atom. The van der Waals surface area contributed by atoms with Gasteiger partial charge in [0.05, 0.1) is 11.2 Å². The molecule has 0 amide bonds. The lowest BCUT2D eigenvalue weighted by Gasteiger charge is -2.28. The molecular weight excluding hydrogens is 204 g/mol. The van der Waals surface area contributed by atoms with Crippen molar-refractivity contribution in [2.45, 2.75) is 0 Å². The molecule has 0 spiro atoms. The van der Waals surface area contributed by atoms with E-state index in [4.69, 9.17) is 11.6 Å². The maximum absolute atomic E-state index is 11.5. The highest BCUT2D eigenvalue weighted by Gasteiger charge is 2.16. The topological polar surface area (TPSA) is 61.0 Å². The molecule has 0 atom stereocenters. The molecule has 2 rings (SSSR count). The predicted molar refractivity (Wildman–Crippen MR) is 55.0 cm³/mol. The highest BCUT2D eigenvalue weighted by atomic mass is 35.5. The quantitative estimate of drug-likeness (QED) is 0.682. The molecule has 1 aromatic rings. The molecule has 0 saturated carbocycles. The van der Waals surface area contributed by atoms with Gasteiger partial charge >= 0.3 is 0 Å². The molecule has 14 heavy (non-hydrogen) atoms. The van der Waals surface area contributed by atoms with E-state index in [1.807, 2.05) is 4.90 Å². The van der Waals surface area contributed by atoms with Crippen LogP contribution >= 0.6 is 11.6 Å². The lowest BCUT2D eigenvalue weighted by Crippen LogP contribution is -2.45. The largest absolute Gasteiger partial charge is 0.363 e. The Labute approximate surface area is 86.1 Å². The molecule has 0 bridgehead atoms. The van der Waals surface area contributed by atoms with Gasteiger partial charge in [-0.2, -0.15) is 5.10 Å². The molecule has 1 aliphatic heterocycles. The van der Waals surface area contributed by atoms with E-state index in [0.29, 0.717) is 10.7 Å². The summed E-state index contributed by atoms with van der Waals surface area (Å²) in [6.07, 6.45) is 1.46. The van der Waals surface area contributed by atoms with Crippen LogP contribution in [0.5, 0.6) is 0 Å². The van der Waals surface area contributed by atoms with E-state index in [9.17, 15) is 4.79 Å². The first-order chi connectivity index (χ1) is 6.79. The fourth-order valence-corrected chi connectivity index (χ4v) is 1.81. The Bertz CT molecular complexity index is 372. The van der Waals surface area contributed by atoms with Gasteiger partial charge in [-0.3, -0.25) is 4.79 Å². The third kappa shape index (κ3) is 1.73. The second-order valence-corrected chi connectivity index (χ2v) is 3.54. The Morgan fingerprint density at radius 3 is 2.79 bits per heavy atom. The third-order valence-electron chi connectivity index (χ3n) is 2.22. The van der Waals surface area contributed by atoms with Crippen molar-refractivity contribution in [3.8, 4) is 0 Å². The first-order valence-corrected chi connectivity index (χ1v) is 4.85. The number of anilines is 1. The SMILES string of the molecule is O=c1[nH]ncc(Cl)c1N1CCNCC1. The highest BCUT2D eigenvalue weighted by molar-refractivity contribution is 6.33. The normalized spacial score (nSPS) is 17.1. The zero-order valence-corrected chi connectivity index (χ0v) is 8.34. The number of rotatable bonds is 1. The maximum atomic E-state index is 11.5. The Morgan fingerprint density at radius 2 is 2.14 bits per heavy atom. The molecule has 1 aromatic heterocycles. The van der Waals surface area contributed by atoms with Crippen LogP contribution in [0.3, 0.4) is 0 Å². The molecule has 76 valence electrons. The minimum absolute atomic E-state index is 0.223. The number of halogens is 1. The van der Waals surface area contributed by atoms with Gasteiger partial charge in [-0.25, -0.2) is 5.10 Å². The van der Waals surface area contributed by atoms with Gasteiger partial charge in [0.2, 0.25) is 0 Å². The predicted octanol–water partition coefficient (Wildman–Crippen LogP) is -0.167. The van der Waals surface area contributed by atoms with Crippen molar-refractivity contribution in [3.63, 3.8) is 0 Å². The molecule has 1 aliphatic rings. The molecule has 2 N–H and O–H groups in total. The molecule has 6 heteroatoms. The van der Waals surface area contributed by atoms with Gasteiger partial charge in [-0.15, -0.1) is 0 Å². The fourth-order valence-electron chi connectivity index (χ4n) is 1.55. The number of piperazine rings is 1. The van der Waals surface area contributed by atoms with Gasteiger partial charge in [-0.1, -0.05) is 11.6 Å². The van der Waals surface area contributed by atoms with Gasteiger partial charge < -0.3 is 10.2 Å². The van der Waals surface area contributed by atoms with Crippen LogP contribution in [-0.4, -0.2) is 36.4 Å². The Kier molecular flexibility index (Phi) is 2.69. The Hall–Kier alpha value is -1.07. The molecular formula is C8H11ClN4O. The van der Waals surface area contributed by atoms with E-state index in [0.717, 1.165) is 26.2 Å². The van der Waals surface area contributed by atoms with Crippen LogP contribution in [0.25, 0.3) is 0 Å². The van der Waals surface area contributed by atoms with E-state index in [2.05, 4.69) is 15.5 Å². The van der Waals surface area contributed by atoms with Crippen molar-refractivity contribution in [1.82, 2.24) is 15.5 Å². The number of H-pyrrole nitrogens is 1. The summed E-state index contributed by atoms with van der Waals surface area (Å²) in [6.45, 7) is 3.34. The van der Waals surface area contributed by atoms with E-state index < -0.39 is 0 Å². The summed E-state index contributed by atoms with van der Waals surface area (Å²) in [5.41, 5.74) is 0.308. The molecule has 0 radical (unpaired) electrons. The maximum Gasteiger partial charge on any atom is 0.289 e.